The van der Waals surface area contributed by atoms with Crippen LogP contribution in [-0.2, 0) is 14.1 Å². The molecule has 1 atom stereocenters. The van der Waals surface area contributed by atoms with Crippen LogP contribution >= 0.6 is 7.60 Å². The van der Waals surface area contributed by atoms with Crippen molar-refractivity contribution in [1.29, 1.82) is 0 Å². The Balaban J connectivity index is 4.00. The first-order chi connectivity index (χ1) is 5.35. The number of rotatable bonds is 4. The Labute approximate surface area is 69.9 Å². The fraction of sp³-hybridized carbons (Fsp3) is 0.800. The Morgan fingerprint density at radius 2 is 2.17 bits per heavy atom. The van der Waals surface area contributed by atoms with Gasteiger partial charge in [0.05, 0.1) is 6.16 Å². The number of esters is 1. The van der Waals surface area contributed by atoms with E-state index in [0.29, 0.717) is 0 Å². The van der Waals surface area contributed by atoms with Crippen molar-refractivity contribution in [2.24, 2.45) is 5.73 Å². The zero-order valence-electron chi connectivity index (χ0n) is 6.64. The summed E-state index contributed by atoms with van der Waals surface area (Å²) in [5.41, 5.74) is 5.11. The molecule has 0 aromatic heterocycles. The minimum atomic E-state index is -4.15. The molecule has 0 amide bonds. The maximum Gasteiger partial charge on any atom is 0.329 e. The van der Waals surface area contributed by atoms with Crippen molar-refractivity contribution in [2.45, 2.75) is 13.0 Å². The van der Waals surface area contributed by atoms with E-state index in [-0.39, 0.29) is 6.54 Å². The molecule has 0 heterocycles. The van der Waals surface area contributed by atoms with E-state index in [0.717, 1.165) is 6.92 Å². The molecule has 0 aliphatic carbocycles. The van der Waals surface area contributed by atoms with Crippen LogP contribution in [0.2, 0.25) is 0 Å². The first-order valence-electron chi connectivity index (χ1n) is 3.27. The van der Waals surface area contributed by atoms with Gasteiger partial charge in [0.1, 0.15) is 6.10 Å². The van der Waals surface area contributed by atoms with Gasteiger partial charge < -0.3 is 20.3 Å². The van der Waals surface area contributed by atoms with Gasteiger partial charge in [-0.3, -0.25) is 9.36 Å². The van der Waals surface area contributed by atoms with Crippen LogP contribution in [0, 0.1) is 0 Å². The minimum absolute atomic E-state index is 0.0926. The molecule has 12 heavy (non-hydrogen) atoms. The first-order valence-corrected chi connectivity index (χ1v) is 5.07. The van der Waals surface area contributed by atoms with E-state index in [1.165, 1.54) is 0 Å². The highest BCUT2D eigenvalue weighted by molar-refractivity contribution is 7.51. The molecule has 0 saturated heterocycles. The lowest BCUT2D eigenvalue weighted by atomic mass is 10.4. The fourth-order valence-electron chi connectivity index (χ4n) is 0.660. The molecule has 4 N–H and O–H groups in total. The molecule has 6 nitrogen and oxygen atoms in total. The Bertz CT molecular complexity index is 200. The van der Waals surface area contributed by atoms with Crippen molar-refractivity contribution in [1.82, 2.24) is 0 Å². The highest BCUT2D eigenvalue weighted by Crippen LogP contribution is 2.35. The summed E-state index contributed by atoms with van der Waals surface area (Å²) in [6.45, 7) is 1.06. The van der Waals surface area contributed by atoms with Gasteiger partial charge in [-0.1, -0.05) is 0 Å². The highest BCUT2D eigenvalue weighted by Gasteiger charge is 2.22. The summed E-state index contributed by atoms with van der Waals surface area (Å²) >= 11 is 0. The zero-order valence-corrected chi connectivity index (χ0v) is 7.53. The summed E-state index contributed by atoms with van der Waals surface area (Å²) in [4.78, 5) is 27.4. The predicted molar refractivity (Wildman–Crippen MR) is 41.5 cm³/mol. The number of nitrogens with two attached hydrogens (primary N) is 1. The average Bonchev–Trinajstić information content (AvgIpc) is 1.82. The Kier molecular flexibility index (Phi) is 4.41. The summed E-state index contributed by atoms with van der Waals surface area (Å²) in [6.07, 6.45) is -1.42. The molecule has 0 rings (SSSR count). The van der Waals surface area contributed by atoms with E-state index in [1.54, 1.807) is 0 Å². The second-order valence-electron chi connectivity index (χ2n) is 2.31. The largest absolute Gasteiger partial charge is 0.461 e. The van der Waals surface area contributed by atoms with Crippen LogP contribution in [0.5, 0.6) is 0 Å². The lowest BCUT2D eigenvalue weighted by Gasteiger charge is -2.14. The van der Waals surface area contributed by atoms with Crippen molar-refractivity contribution >= 4 is 13.6 Å². The predicted octanol–water partition coefficient (Wildman–Crippen LogP) is -0.946. The van der Waals surface area contributed by atoms with Gasteiger partial charge in [-0.05, 0) is 0 Å². The van der Waals surface area contributed by atoms with Gasteiger partial charge in [0.25, 0.3) is 0 Å². The summed E-state index contributed by atoms with van der Waals surface area (Å²) < 4.78 is 14.9. The standard InChI is InChI=1S/C5H12NO5P/c1-4(7)11-5(2-6)3-12(8,9)10/h5H,2-3,6H2,1H3,(H2,8,9,10). The number of hydrogen-bond acceptors (Lipinski definition) is 4. The molecule has 0 aromatic rings. The molecule has 0 aliphatic heterocycles. The molecule has 72 valence electrons. The molecule has 0 fully saturated rings. The monoisotopic (exact) mass is 197 g/mol. The smallest absolute Gasteiger partial charge is 0.329 e. The lowest BCUT2D eigenvalue weighted by Crippen LogP contribution is -2.29. The molecule has 1 unspecified atom stereocenters. The van der Waals surface area contributed by atoms with E-state index in [1.807, 2.05) is 0 Å². The van der Waals surface area contributed by atoms with E-state index in [2.05, 4.69) is 4.74 Å². The molecule has 0 spiro atoms. The summed E-state index contributed by atoms with van der Waals surface area (Å²) in [5, 5.41) is 0. The number of hydrogen-bond donors (Lipinski definition) is 3. The van der Waals surface area contributed by atoms with E-state index < -0.39 is 25.8 Å². The molecule has 0 saturated carbocycles. The normalized spacial score (nSPS) is 14.0. The molecule has 0 radical (unpaired) electrons. The Morgan fingerprint density at radius 1 is 1.67 bits per heavy atom. The van der Waals surface area contributed by atoms with Gasteiger partial charge in [-0.2, -0.15) is 0 Å². The molecule has 0 bridgehead atoms. The molecular formula is C5H12NO5P. The molecule has 0 aromatic carbocycles. The van der Waals surface area contributed by atoms with E-state index >= 15 is 0 Å². The first kappa shape index (κ1) is 11.6. The fourth-order valence-corrected chi connectivity index (χ4v) is 1.41. The summed E-state index contributed by atoms with van der Waals surface area (Å²) in [6, 6.07) is 0. The number of ether oxygens (including phenoxy) is 1. The Hall–Kier alpha value is -0.420. The van der Waals surface area contributed by atoms with Crippen LogP contribution < -0.4 is 5.73 Å². The van der Waals surface area contributed by atoms with Gasteiger partial charge in [0.2, 0.25) is 0 Å². The van der Waals surface area contributed by atoms with Crippen molar-refractivity contribution in [2.75, 3.05) is 12.7 Å². The van der Waals surface area contributed by atoms with Gasteiger partial charge in [0, 0.05) is 13.5 Å². The Morgan fingerprint density at radius 3 is 2.42 bits per heavy atom. The van der Waals surface area contributed by atoms with E-state index in [4.69, 9.17) is 15.5 Å². The third kappa shape index (κ3) is 6.30. The lowest BCUT2D eigenvalue weighted by molar-refractivity contribution is -0.144. The van der Waals surface area contributed by atoms with Crippen LogP contribution in [0.15, 0.2) is 0 Å². The van der Waals surface area contributed by atoms with Gasteiger partial charge in [-0.15, -0.1) is 0 Å². The van der Waals surface area contributed by atoms with Crippen LogP contribution in [0.25, 0.3) is 0 Å². The maximum atomic E-state index is 10.4. The average molecular weight is 197 g/mol. The number of carbonyl (C=O) groups is 1. The van der Waals surface area contributed by atoms with Crippen LogP contribution in [0.1, 0.15) is 6.92 Å². The molecule has 0 aliphatic rings. The topological polar surface area (TPSA) is 110 Å². The molecular weight excluding hydrogens is 185 g/mol. The van der Waals surface area contributed by atoms with Gasteiger partial charge >= 0.3 is 13.6 Å². The second-order valence-corrected chi connectivity index (χ2v) is 4.01. The van der Waals surface area contributed by atoms with Crippen molar-refractivity contribution < 1.29 is 23.9 Å². The second kappa shape index (κ2) is 4.57. The summed E-state index contributed by atoms with van der Waals surface area (Å²) in [7, 11) is -4.15. The van der Waals surface area contributed by atoms with Gasteiger partial charge in [0.15, 0.2) is 0 Å². The number of carbonyl (C=O) groups excluding carboxylic acids is 1. The quantitative estimate of drug-likeness (QED) is 0.396. The van der Waals surface area contributed by atoms with Gasteiger partial charge in [-0.25, -0.2) is 0 Å². The highest BCUT2D eigenvalue weighted by atomic mass is 31.2. The SMILES string of the molecule is CC(=O)OC(CN)CP(=O)(O)O. The van der Waals surface area contributed by atoms with Crippen molar-refractivity contribution in [3.05, 3.63) is 0 Å². The van der Waals surface area contributed by atoms with Crippen LogP contribution in [0.4, 0.5) is 0 Å². The van der Waals surface area contributed by atoms with Crippen molar-refractivity contribution in [3.63, 3.8) is 0 Å². The minimum Gasteiger partial charge on any atom is -0.461 e. The van der Waals surface area contributed by atoms with Crippen molar-refractivity contribution in [3.8, 4) is 0 Å². The van der Waals surface area contributed by atoms with Crippen LogP contribution in [0.3, 0.4) is 0 Å². The molecule has 7 heteroatoms. The maximum absolute atomic E-state index is 10.4. The van der Waals surface area contributed by atoms with E-state index in [9.17, 15) is 9.36 Å². The third-order valence-electron chi connectivity index (χ3n) is 1.04. The van der Waals surface area contributed by atoms with Crippen LogP contribution in [-0.4, -0.2) is 34.6 Å². The summed E-state index contributed by atoms with van der Waals surface area (Å²) in [5.74, 6) is -0.598. The third-order valence-corrected chi connectivity index (χ3v) is 1.92. The zero-order chi connectivity index (χ0) is 9.78.